The van der Waals surface area contributed by atoms with E-state index in [2.05, 4.69) is 5.32 Å². The Morgan fingerprint density at radius 3 is 2.45 bits per heavy atom. The van der Waals surface area contributed by atoms with Crippen LogP contribution in [0.25, 0.3) is 0 Å². The Bertz CT molecular complexity index is 635. The van der Waals surface area contributed by atoms with Gasteiger partial charge in [-0.3, -0.25) is 0 Å². The molecule has 0 aliphatic rings. The summed E-state index contributed by atoms with van der Waals surface area (Å²) in [5.74, 6) is 0.186. The fourth-order valence-corrected chi connectivity index (χ4v) is 2.47. The molecule has 1 aromatic rings. The van der Waals surface area contributed by atoms with Gasteiger partial charge in [0.2, 0.25) is 10.0 Å². The Hall–Kier alpha value is -1.80. The van der Waals surface area contributed by atoms with Crippen LogP contribution in [0.1, 0.15) is 26.3 Å². The number of hydrogen-bond acceptors (Lipinski definition) is 5. The number of ether oxygens (including phenoxy) is 2. The summed E-state index contributed by atoms with van der Waals surface area (Å²) in [6.07, 6.45) is -0.0844. The van der Waals surface area contributed by atoms with Crippen LogP contribution in [0.2, 0.25) is 0 Å². The molecule has 0 aromatic heterocycles. The fraction of sp³-hybridized carbons (Fsp3) is 0.500. The number of carbonyl (C=O) groups is 1. The van der Waals surface area contributed by atoms with Gasteiger partial charge in [-0.05, 0) is 44.9 Å². The van der Waals surface area contributed by atoms with E-state index in [1.54, 1.807) is 26.8 Å². The zero-order valence-corrected chi connectivity index (χ0v) is 14.0. The number of rotatable bonds is 5. The Morgan fingerprint density at radius 2 is 1.95 bits per heavy atom. The standard InChI is InChI=1S/C14H22N2O5S/c1-14(2,3)21-13(17)16-8-7-10-5-6-11(20-4)12(9-10)22(15,18)19/h5-6,9H,7-8H2,1-4H3,(H,16,17)(H2,15,18,19). The predicted octanol–water partition coefficient (Wildman–Crippen LogP) is 1.41. The zero-order chi connectivity index (χ0) is 17.0. The molecule has 0 heterocycles. The summed E-state index contributed by atoms with van der Waals surface area (Å²) in [5.41, 5.74) is 0.145. The van der Waals surface area contributed by atoms with Crippen molar-refractivity contribution in [3.05, 3.63) is 23.8 Å². The van der Waals surface area contributed by atoms with Crippen molar-refractivity contribution in [2.24, 2.45) is 5.14 Å². The molecule has 0 spiro atoms. The van der Waals surface area contributed by atoms with Gasteiger partial charge in [0, 0.05) is 6.54 Å². The molecule has 0 radical (unpaired) electrons. The van der Waals surface area contributed by atoms with E-state index >= 15 is 0 Å². The molecule has 8 heteroatoms. The predicted molar refractivity (Wildman–Crippen MR) is 82.3 cm³/mol. The van der Waals surface area contributed by atoms with Gasteiger partial charge in [0.05, 0.1) is 7.11 Å². The van der Waals surface area contributed by atoms with Crippen LogP contribution in [0.5, 0.6) is 5.75 Å². The van der Waals surface area contributed by atoms with Crippen molar-refractivity contribution in [1.82, 2.24) is 5.32 Å². The normalized spacial score (nSPS) is 11.9. The van der Waals surface area contributed by atoms with E-state index in [1.807, 2.05) is 0 Å². The molecular weight excluding hydrogens is 308 g/mol. The lowest BCUT2D eigenvalue weighted by Gasteiger charge is -2.19. The zero-order valence-electron chi connectivity index (χ0n) is 13.2. The van der Waals surface area contributed by atoms with Gasteiger partial charge in [0.25, 0.3) is 0 Å². The van der Waals surface area contributed by atoms with Crippen molar-refractivity contribution >= 4 is 16.1 Å². The molecule has 0 bridgehead atoms. The molecule has 1 amide bonds. The number of nitrogens with two attached hydrogens (primary N) is 1. The lowest BCUT2D eigenvalue weighted by Crippen LogP contribution is -2.33. The maximum Gasteiger partial charge on any atom is 0.407 e. The van der Waals surface area contributed by atoms with Gasteiger partial charge >= 0.3 is 6.09 Å². The first-order chi connectivity index (χ1) is 10.0. The molecule has 0 aliphatic carbocycles. The second-order valence-electron chi connectivity index (χ2n) is 5.71. The first kappa shape index (κ1) is 18.2. The Morgan fingerprint density at radius 1 is 1.32 bits per heavy atom. The molecular formula is C14H22N2O5S. The van der Waals surface area contributed by atoms with E-state index in [0.29, 0.717) is 18.5 Å². The highest BCUT2D eigenvalue weighted by atomic mass is 32.2. The van der Waals surface area contributed by atoms with Crippen LogP contribution in [-0.2, 0) is 21.2 Å². The topological polar surface area (TPSA) is 108 Å². The number of hydrogen-bond donors (Lipinski definition) is 2. The fourth-order valence-electron chi connectivity index (χ4n) is 1.72. The lowest BCUT2D eigenvalue weighted by molar-refractivity contribution is 0.0528. The molecule has 7 nitrogen and oxygen atoms in total. The van der Waals surface area contributed by atoms with Crippen LogP contribution in [0.15, 0.2) is 23.1 Å². The van der Waals surface area contributed by atoms with E-state index in [9.17, 15) is 13.2 Å². The van der Waals surface area contributed by atoms with Crippen molar-refractivity contribution in [2.75, 3.05) is 13.7 Å². The number of sulfonamides is 1. The maximum absolute atomic E-state index is 11.5. The van der Waals surface area contributed by atoms with Gasteiger partial charge < -0.3 is 14.8 Å². The van der Waals surface area contributed by atoms with Gasteiger partial charge in [0.15, 0.2) is 0 Å². The first-order valence-corrected chi connectivity index (χ1v) is 8.24. The van der Waals surface area contributed by atoms with Crippen molar-refractivity contribution in [3.63, 3.8) is 0 Å². The van der Waals surface area contributed by atoms with Gasteiger partial charge in [-0.1, -0.05) is 6.07 Å². The monoisotopic (exact) mass is 330 g/mol. The van der Waals surface area contributed by atoms with Crippen molar-refractivity contribution < 1.29 is 22.7 Å². The minimum Gasteiger partial charge on any atom is -0.495 e. The molecule has 0 atom stereocenters. The number of nitrogens with one attached hydrogen (secondary N) is 1. The number of benzene rings is 1. The van der Waals surface area contributed by atoms with Crippen molar-refractivity contribution in [1.29, 1.82) is 0 Å². The third-order valence-electron chi connectivity index (χ3n) is 2.62. The number of carbonyl (C=O) groups excluding carboxylic acids is 1. The summed E-state index contributed by atoms with van der Waals surface area (Å²) in [6.45, 7) is 5.63. The van der Waals surface area contributed by atoms with Crippen LogP contribution in [-0.4, -0.2) is 33.8 Å². The lowest BCUT2D eigenvalue weighted by atomic mass is 10.1. The maximum atomic E-state index is 11.5. The van der Waals surface area contributed by atoms with E-state index in [-0.39, 0.29) is 10.6 Å². The molecule has 124 valence electrons. The average molecular weight is 330 g/mol. The number of amides is 1. The van der Waals surface area contributed by atoms with Crippen LogP contribution in [0, 0.1) is 0 Å². The molecule has 0 fully saturated rings. The van der Waals surface area contributed by atoms with E-state index < -0.39 is 21.7 Å². The molecule has 0 saturated carbocycles. The summed E-state index contributed by atoms with van der Waals surface area (Å²) in [6, 6.07) is 4.68. The summed E-state index contributed by atoms with van der Waals surface area (Å²) in [4.78, 5) is 11.4. The van der Waals surface area contributed by atoms with Gasteiger partial charge in [-0.2, -0.15) is 0 Å². The van der Waals surface area contributed by atoms with E-state index in [0.717, 1.165) is 0 Å². The highest BCUT2D eigenvalue weighted by Gasteiger charge is 2.17. The van der Waals surface area contributed by atoms with Crippen LogP contribution in [0.3, 0.4) is 0 Å². The smallest absolute Gasteiger partial charge is 0.407 e. The molecule has 0 saturated heterocycles. The third-order valence-corrected chi connectivity index (χ3v) is 3.55. The summed E-state index contributed by atoms with van der Waals surface area (Å²) < 4.78 is 33.1. The van der Waals surface area contributed by atoms with E-state index in [1.165, 1.54) is 19.2 Å². The second-order valence-corrected chi connectivity index (χ2v) is 7.24. The van der Waals surface area contributed by atoms with Crippen molar-refractivity contribution in [2.45, 2.75) is 37.7 Å². The largest absolute Gasteiger partial charge is 0.495 e. The molecule has 22 heavy (non-hydrogen) atoms. The molecule has 1 aromatic carbocycles. The Kier molecular flexibility index (Phi) is 5.78. The highest BCUT2D eigenvalue weighted by Crippen LogP contribution is 2.23. The number of primary sulfonamides is 1. The molecule has 1 rings (SSSR count). The first-order valence-electron chi connectivity index (χ1n) is 6.69. The minimum absolute atomic E-state index is 0.0789. The third kappa shape index (κ3) is 5.90. The summed E-state index contributed by atoms with van der Waals surface area (Å²) >= 11 is 0. The van der Waals surface area contributed by atoms with Crippen LogP contribution < -0.4 is 15.2 Å². The summed E-state index contributed by atoms with van der Waals surface area (Å²) in [5, 5.41) is 7.75. The highest BCUT2D eigenvalue weighted by molar-refractivity contribution is 7.89. The molecule has 3 N–H and O–H groups in total. The molecule has 0 aliphatic heterocycles. The van der Waals surface area contributed by atoms with Crippen LogP contribution >= 0.6 is 0 Å². The van der Waals surface area contributed by atoms with Crippen LogP contribution in [0.4, 0.5) is 4.79 Å². The number of methoxy groups -OCH3 is 1. The Labute approximate surface area is 130 Å². The number of alkyl carbamates (subject to hydrolysis) is 1. The molecule has 0 unspecified atom stereocenters. The average Bonchev–Trinajstić information content (AvgIpc) is 2.35. The Balaban J connectivity index is 2.70. The summed E-state index contributed by atoms with van der Waals surface area (Å²) in [7, 11) is -2.50. The van der Waals surface area contributed by atoms with Gasteiger partial charge in [0.1, 0.15) is 16.2 Å². The SMILES string of the molecule is COc1ccc(CCNC(=O)OC(C)(C)C)cc1S(N)(=O)=O. The van der Waals surface area contributed by atoms with Gasteiger partial charge in [-0.25, -0.2) is 18.4 Å². The minimum atomic E-state index is -3.87. The van der Waals surface area contributed by atoms with Gasteiger partial charge in [-0.15, -0.1) is 0 Å². The second kappa shape index (κ2) is 6.97. The van der Waals surface area contributed by atoms with Crippen molar-refractivity contribution in [3.8, 4) is 5.75 Å². The quantitative estimate of drug-likeness (QED) is 0.848. The van der Waals surface area contributed by atoms with E-state index in [4.69, 9.17) is 14.6 Å².